The van der Waals surface area contributed by atoms with Gasteiger partial charge in [0.05, 0.1) is 19.8 Å². The number of ether oxygens (including phenoxy) is 3. The first kappa shape index (κ1) is 17.4. The standard InChI is InChI=1S/C14H28O4/c1-12(11-14(2,3)4)10-13(15)18-9-8-17-7-6-16-5/h12H,6-11H2,1-5H3. The minimum atomic E-state index is -0.137. The van der Waals surface area contributed by atoms with Crippen LogP contribution in [0.25, 0.3) is 0 Å². The first-order valence-corrected chi connectivity index (χ1v) is 6.57. The van der Waals surface area contributed by atoms with Crippen LogP contribution in [0.1, 0.15) is 40.5 Å². The van der Waals surface area contributed by atoms with E-state index in [1.54, 1.807) is 7.11 Å². The molecule has 4 heteroatoms. The third-order valence-electron chi connectivity index (χ3n) is 2.40. The van der Waals surface area contributed by atoms with Gasteiger partial charge in [-0.3, -0.25) is 4.79 Å². The van der Waals surface area contributed by atoms with Gasteiger partial charge in [-0.1, -0.05) is 27.7 Å². The fourth-order valence-electron chi connectivity index (χ4n) is 1.92. The van der Waals surface area contributed by atoms with E-state index in [2.05, 4.69) is 27.7 Å². The second-order valence-electron chi connectivity index (χ2n) is 5.90. The van der Waals surface area contributed by atoms with Crippen LogP contribution in [0.5, 0.6) is 0 Å². The molecule has 0 aromatic carbocycles. The van der Waals surface area contributed by atoms with E-state index in [9.17, 15) is 4.79 Å². The van der Waals surface area contributed by atoms with Crippen LogP contribution >= 0.6 is 0 Å². The number of carbonyl (C=O) groups is 1. The van der Waals surface area contributed by atoms with Gasteiger partial charge in [-0.05, 0) is 17.8 Å². The number of rotatable bonds is 9. The molecule has 0 fully saturated rings. The van der Waals surface area contributed by atoms with Crippen molar-refractivity contribution in [3.05, 3.63) is 0 Å². The molecule has 0 N–H and O–H groups in total. The van der Waals surface area contributed by atoms with Gasteiger partial charge in [0.15, 0.2) is 0 Å². The first-order valence-electron chi connectivity index (χ1n) is 6.57. The summed E-state index contributed by atoms with van der Waals surface area (Å²) in [4.78, 5) is 11.5. The second-order valence-corrected chi connectivity index (χ2v) is 5.90. The summed E-state index contributed by atoms with van der Waals surface area (Å²) in [5, 5.41) is 0. The Morgan fingerprint density at radius 2 is 1.72 bits per heavy atom. The summed E-state index contributed by atoms with van der Waals surface area (Å²) >= 11 is 0. The average molecular weight is 260 g/mol. The number of hydrogen-bond acceptors (Lipinski definition) is 4. The molecule has 0 bridgehead atoms. The zero-order valence-corrected chi connectivity index (χ0v) is 12.5. The summed E-state index contributed by atoms with van der Waals surface area (Å²) in [6, 6.07) is 0. The fraction of sp³-hybridized carbons (Fsp3) is 0.929. The van der Waals surface area contributed by atoms with E-state index in [0.29, 0.717) is 38.8 Å². The molecule has 0 saturated carbocycles. The molecule has 0 aliphatic carbocycles. The van der Waals surface area contributed by atoms with Crippen LogP contribution in [0, 0.1) is 11.3 Å². The normalized spacial score (nSPS) is 13.4. The van der Waals surface area contributed by atoms with Crippen LogP contribution < -0.4 is 0 Å². The summed E-state index contributed by atoms with van der Waals surface area (Å²) < 4.78 is 15.1. The lowest BCUT2D eigenvalue weighted by atomic mass is 9.84. The number of methoxy groups -OCH3 is 1. The Balaban J connectivity index is 3.53. The van der Waals surface area contributed by atoms with Crippen molar-refractivity contribution < 1.29 is 19.0 Å². The van der Waals surface area contributed by atoms with Gasteiger partial charge in [-0.25, -0.2) is 0 Å². The molecule has 0 aromatic heterocycles. The summed E-state index contributed by atoms with van der Waals surface area (Å²) in [6.45, 7) is 10.5. The third kappa shape index (κ3) is 11.9. The van der Waals surface area contributed by atoms with Crippen molar-refractivity contribution in [2.45, 2.75) is 40.5 Å². The molecule has 0 aromatic rings. The molecule has 0 amide bonds. The average Bonchev–Trinajstić information content (AvgIpc) is 2.20. The maximum absolute atomic E-state index is 11.5. The third-order valence-corrected chi connectivity index (χ3v) is 2.40. The van der Waals surface area contributed by atoms with E-state index < -0.39 is 0 Å². The van der Waals surface area contributed by atoms with Gasteiger partial charge in [0, 0.05) is 13.5 Å². The molecular weight excluding hydrogens is 232 g/mol. The van der Waals surface area contributed by atoms with Crippen LogP contribution in [0.4, 0.5) is 0 Å². The zero-order chi connectivity index (χ0) is 14.0. The zero-order valence-electron chi connectivity index (χ0n) is 12.5. The van der Waals surface area contributed by atoms with Gasteiger partial charge >= 0.3 is 5.97 Å². The van der Waals surface area contributed by atoms with E-state index >= 15 is 0 Å². The molecule has 0 rings (SSSR count). The van der Waals surface area contributed by atoms with Crippen molar-refractivity contribution in [2.75, 3.05) is 33.5 Å². The van der Waals surface area contributed by atoms with Gasteiger partial charge in [-0.2, -0.15) is 0 Å². The van der Waals surface area contributed by atoms with Crippen molar-refractivity contribution in [3.63, 3.8) is 0 Å². The van der Waals surface area contributed by atoms with Gasteiger partial charge in [-0.15, -0.1) is 0 Å². The van der Waals surface area contributed by atoms with Crippen molar-refractivity contribution in [3.8, 4) is 0 Å². The van der Waals surface area contributed by atoms with Gasteiger partial charge in [0.25, 0.3) is 0 Å². The van der Waals surface area contributed by atoms with Crippen molar-refractivity contribution in [1.82, 2.24) is 0 Å². The lowest BCUT2D eigenvalue weighted by molar-refractivity contribution is -0.146. The Bertz CT molecular complexity index is 220. The van der Waals surface area contributed by atoms with Crippen LogP contribution in [-0.2, 0) is 19.0 Å². The van der Waals surface area contributed by atoms with E-state index in [4.69, 9.17) is 14.2 Å². The van der Waals surface area contributed by atoms with E-state index in [1.165, 1.54) is 0 Å². The topological polar surface area (TPSA) is 44.8 Å². The second kappa shape index (κ2) is 9.34. The monoisotopic (exact) mass is 260 g/mol. The van der Waals surface area contributed by atoms with Crippen LogP contribution in [0.15, 0.2) is 0 Å². The molecule has 18 heavy (non-hydrogen) atoms. The molecule has 4 nitrogen and oxygen atoms in total. The Morgan fingerprint density at radius 1 is 1.11 bits per heavy atom. The molecule has 0 heterocycles. The highest BCUT2D eigenvalue weighted by Gasteiger charge is 2.18. The van der Waals surface area contributed by atoms with Crippen LogP contribution in [-0.4, -0.2) is 39.5 Å². The molecule has 108 valence electrons. The Labute approximate surface area is 111 Å². The quantitative estimate of drug-likeness (QED) is 0.472. The summed E-state index contributed by atoms with van der Waals surface area (Å²) in [5.41, 5.74) is 0.253. The molecule has 0 radical (unpaired) electrons. The van der Waals surface area contributed by atoms with Gasteiger partial charge < -0.3 is 14.2 Å². The smallest absolute Gasteiger partial charge is 0.306 e. The number of esters is 1. The largest absolute Gasteiger partial charge is 0.463 e. The number of carbonyl (C=O) groups excluding carboxylic acids is 1. The summed E-state index contributed by atoms with van der Waals surface area (Å²) in [7, 11) is 1.62. The van der Waals surface area contributed by atoms with E-state index in [0.717, 1.165) is 6.42 Å². The first-order chi connectivity index (χ1) is 8.35. The Hall–Kier alpha value is -0.610. The van der Waals surface area contributed by atoms with E-state index in [1.807, 2.05) is 0 Å². The highest BCUT2D eigenvalue weighted by molar-refractivity contribution is 5.69. The molecule has 0 saturated heterocycles. The molecule has 1 unspecified atom stereocenters. The molecule has 1 atom stereocenters. The maximum atomic E-state index is 11.5. The molecular formula is C14H28O4. The Morgan fingerprint density at radius 3 is 2.28 bits per heavy atom. The van der Waals surface area contributed by atoms with Crippen molar-refractivity contribution >= 4 is 5.97 Å². The molecule has 0 aliphatic heterocycles. The minimum absolute atomic E-state index is 0.137. The highest BCUT2D eigenvalue weighted by Crippen LogP contribution is 2.25. The SMILES string of the molecule is COCCOCCOC(=O)CC(C)CC(C)(C)C. The molecule has 0 spiro atoms. The van der Waals surface area contributed by atoms with E-state index in [-0.39, 0.29) is 11.4 Å². The molecule has 0 aliphatic rings. The summed E-state index contributed by atoms with van der Waals surface area (Å²) in [6.07, 6.45) is 1.50. The van der Waals surface area contributed by atoms with Crippen molar-refractivity contribution in [1.29, 1.82) is 0 Å². The highest BCUT2D eigenvalue weighted by atomic mass is 16.6. The summed E-state index contributed by atoms with van der Waals surface area (Å²) in [5.74, 6) is 0.217. The van der Waals surface area contributed by atoms with Gasteiger partial charge in [0.1, 0.15) is 6.61 Å². The lowest BCUT2D eigenvalue weighted by Crippen LogP contribution is -2.17. The van der Waals surface area contributed by atoms with Crippen LogP contribution in [0.3, 0.4) is 0 Å². The van der Waals surface area contributed by atoms with Gasteiger partial charge in [0.2, 0.25) is 0 Å². The number of hydrogen-bond donors (Lipinski definition) is 0. The maximum Gasteiger partial charge on any atom is 0.306 e. The van der Waals surface area contributed by atoms with Crippen LogP contribution in [0.2, 0.25) is 0 Å². The Kier molecular flexibility index (Phi) is 9.02. The fourth-order valence-corrected chi connectivity index (χ4v) is 1.92. The minimum Gasteiger partial charge on any atom is -0.463 e. The lowest BCUT2D eigenvalue weighted by Gasteiger charge is -2.22. The predicted octanol–water partition coefficient (Wildman–Crippen LogP) is 2.66. The predicted molar refractivity (Wildman–Crippen MR) is 71.5 cm³/mol. The van der Waals surface area contributed by atoms with Crippen molar-refractivity contribution in [2.24, 2.45) is 11.3 Å².